The van der Waals surface area contributed by atoms with Gasteiger partial charge in [0.2, 0.25) is 5.91 Å². The molecule has 122 valence electrons. The van der Waals surface area contributed by atoms with Crippen LogP contribution in [0.2, 0.25) is 0 Å². The van der Waals surface area contributed by atoms with E-state index < -0.39 is 0 Å². The van der Waals surface area contributed by atoms with Crippen LogP contribution in [0.1, 0.15) is 24.7 Å². The lowest BCUT2D eigenvalue weighted by Crippen LogP contribution is -2.34. The number of amides is 1. The molecular formula is C18H23N3O2. The van der Waals surface area contributed by atoms with Gasteiger partial charge in [0.25, 0.3) is 0 Å². The Balaban J connectivity index is 1.54. The molecule has 1 N–H and O–H groups in total. The lowest BCUT2D eigenvalue weighted by atomic mass is 9.96. The second-order valence-corrected chi connectivity index (χ2v) is 5.83. The fourth-order valence-corrected chi connectivity index (χ4v) is 3.02. The van der Waals surface area contributed by atoms with Gasteiger partial charge in [-0.3, -0.25) is 4.79 Å². The number of fused-ring (bicyclic) bond motifs is 1. The summed E-state index contributed by atoms with van der Waals surface area (Å²) in [4.78, 5) is 16.7. The molecule has 1 aromatic carbocycles. The lowest BCUT2D eigenvalue weighted by Gasteiger charge is -2.14. The van der Waals surface area contributed by atoms with Crippen LogP contribution in [-0.2, 0) is 24.2 Å². The summed E-state index contributed by atoms with van der Waals surface area (Å²) in [5.41, 5.74) is 1.12. The first-order valence-electron chi connectivity index (χ1n) is 8.26. The largest absolute Gasteiger partial charge is 0.493 e. The minimum atomic E-state index is -0.0212. The molecule has 0 fully saturated rings. The second-order valence-electron chi connectivity index (χ2n) is 5.83. The van der Waals surface area contributed by atoms with Crippen LogP contribution in [0.4, 0.5) is 0 Å². The number of rotatable bonds is 5. The fraction of sp³-hybridized carbons (Fsp3) is 0.444. The maximum absolute atomic E-state index is 12.5. The van der Waals surface area contributed by atoms with E-state index in [1.54, 1.807) is 6.20 Å². The molecule has 1 aliphatic rings. The molecular weight excluding hydrogens is 290 g/mol. The Kier molecular flexibility index (Phi) is 4.95. The van der Waals surface area contributed by atoms with Crippen LogP contribution in [0.5, 0.6) is 5.75 Å². The molecule has 0 saturated carbocycles. The van der Waals surface area contributed by atoms with E-state index in [4.69, 9.17) is 4.74 Å². The molecule has 0 bridgehead atoms. The summed E-state index contributed by atoms with van der Waals surface area (Å²) in [6, 6.07) is 7.98. The van der Waals surface area contributed by atoms with Gasteiger partial charge >= 0.3 is 0 Å². The minimum Gasteiger partial charge on any atom is -0.493 e. The predicted molar refractivity (Wildman–Crippen MR) is 88.4 cm³/mol. The van der Waals surface area contributed by atoms with Crippen molar-refractivity contribution in [3.05, 3.63) is 48.0 Å². The van der Waals surface area contributed by atoms with E-state index in [9.17, 15) is 4.79 Å². The monoisotopic (exact) mass is 313 g/mol. The average Bonchev–Trinajstić information content (AvgIpc) is 2.91. The summed E-state index contributed by atoms with van der Waals surface area (Å²) >= 11 is 0. The Bertz CT molecular complexity index is 666. The number of carbonyl (C=O) groups excluding carboxylic acids is 1. The smallest absolute Gasteiger partial charge is 0.223 e. The van der Waals surface area contributed by atoms with E-state index in [1.165, 1.54) is 0 Å². The van der Waals surface area contributed by atoms with Gasteiger partial charge in [-0.15, -0.1) is 0 Å². The average molecular weight is 313 g/mol. The van der Waals surface area contributed by atoms with Crippen LogP contribution >= 0.6 is 0 Å². The van der Waals surface area contributed by atoms with Crippen LogP contribution in [0.15, 0.2) is 36.7 Å². The molecule has 1 unspecified atom stereocenters. The van der Waals surface area contributed by atoms with Crippen molar-refractivity contribution in [2.75, 3.05) is 13.2 Å². The molecule has 2 aromatic rings. The Morgan fingerprint density at radius 2 is 2.30 bits per heavy atom. The number of hydrogen-bond acceptors (Lipinski definition) is 3. The first-order valence-corrected chi connectivity index (χ1v) is 8.26. The van der Waals surface area contributed by atoms with Crippen LogP contribution < -0.4 is 10.1 Å². The first kappa shape index (κ1) is 15.6. The van der Waals surface area contributed by atoms with E-state index in [-0.39, 0.29) is 11.8 Å². The molecule has 5 heteroatoms. The van der Waals surface area contributed by atoms with E-state index in [0.29, 0.717) is 13.2 Å². The molecule has 5 nitrogen and oxygen atoms in total. The van der Waals surface area contributed by atoms with E-state index in [1.807, 2.05) is 30.5 Å². The molecule has 0 saturated heterocycles. The number of para-hydroxylation sites is 1. The molecule has 1 aliphatic heterocycles. The standard InChI is InChI=1S/C18H23N3O2/c1-2-17-19-8-10-21(17)11-9-20-18(22)15-7-12-23-16-6-4-3-5-14(16)13-15/h3-6,8,10,15H,2,7,9,11-13H2,1H3,(H,20,22). The summed E-state index contributed by atoms with van der Waals surface area (Å²) in [6.45, 7) is 4.06. The Morgan fingerprint density at radius 1 is 1.43 bits per heavy atom. The third-order valence-corrected chi connectivity index (χ3v) is 4.30. The molecule has 2 heterocycles. The highest BCUT2D eigenvalue weighted by Crippen LogP contribution is 2.26. The van der Waals surface area contributed by atoms with Gasteiger partial charge in [-0.05, 0) is 24.5 Å². The maximum atomic E-state index is 12.5. The Hall–Kier alpha value is -2.30. The van der Waals surface area contributed by atoms with E-state index >= 15 is 0 Å². The van der Waals surface area contributed by atoms with Gasteiger partial charge in [0.1, 0.15) is 11.6 Å². The van der Waals surface area contributed by atoms with Gasteiger partial charge in [-0.1, -0.05) is 25.1 Å². The van der Waals surface area contributed by atoms with E-state index in [2.05, 4.69) is 21.8 Å². The Morgan fingerprint density at radius 3 is 3.17 bits per heavy atom. The van der Waals surface area contributed by atoms with Crippen molar-refractivity contribution >= 4 is 5.91 Å². The topological polar surface area (TPSA) is 56.2 Å². The van der Waals surface area contributed by atoms with Crippen molar-refractivity contribution in [2.24, 2.45) is 5.92 Å². The summed E-state index contributed by atoms with van der Waals surface area (Å²) < 4.78 is 7.82. The van der Waals surface area contributed by atoms with Crippen molar-refractivity contribution in [2.45, 2.75) is 32.7 Å². The number of nitrogens with zero attached hydrogens (tertiary/aromatic N) is 2. The fourth-order valence-electron chi connectivity index (χ4n) is 3.02. The number of ether oxygens (including phenoxy) is 1. The number of benzene rings is 1. The minimum absolute atomic E-state index is 0.0212. The van der Waals surface area contributed by atoms with Crippen LogP contribution in [0, 0.1) is 5.92 Å². The molecule has 1 aromatic heterocycles. The highest BCUT2D eigenvalue weighted by atomic mass is 16.5. The van der Waals surface area contributed by atoms with Crippen molar-refractivity contribution in [3.8, 4) is 5.75 Å². The third kappa shape index (κ3) is 3.73. The lowest BCUT2D eigenvalue weighted by molar-refractivity contribution is -0.125. The summed E-state index contributed by atoms with van der Waals surface area (Å²) in [6.07, 6.45) is 6.16. The molecule has 3 rings (SSSR count). The first-order chi connectivity index (χ1) is 11.3. The highest BCUT2D eigenvalue weighted by molar-refractivity contribution is 5.79. The van der Waals surface area contributed by atoms with Gasteiger partial charge in [-0.25, -0.2) is 4.98 Å². The van der Waals surface area contributed by atoms with Gasteiger partial charge in [0.05, 0.1) is 6.61 Å². The molecule has 1 amide bonds. The number of aromatic nitrogens is 2. The number of carbonyl (C=O) groups is 1. The maximum Gasteiger partial charge on any atom is 0.223 e. The zero-order chi connectivity index (χ0) is 16.1. The van der Waals surface area contributed by atoms with Crippen molar-refractivity contribution < 1.29 is 9.53 Å². The van der Waals surface area contributed by atoms with Gasteiger partial charge in [-0.2, -0.15) is 0 Å². The number of nitrogens with one attached hydrogen (secondary N) is 1. The van der Waals surface area contributed by atoms with Crippen molar-refractivity contribution in [1.29, 1.82) is 0 Å². The molecule has 0 radical (unpaired) electrons. The van der Waals surface area contributed by atoms with Gasteiger partial charge in [0, 0.05) is 37.8 Å². The molecule has 23 heavy (non-hydrogen) atoms. The predicted octanol–water partition coefficient (Wildman–Crippen LogP) is 2.20. The molecule has 0 aliphatic carbocycles. The summed E-state index contributed by atoms with van der Waals surface area (Å²) in [7, 11) is 0. The zero-order valence-corrected chi connectivity index (χ0v) is 13.5. The van der Waals surface area contributed by atoms with Gasteiger partial charge in [0.15, 0.2) is 0 Å². The summed E-state index contributed by atoms with van der Waals surface area (Å²) in [5, 5.41) is 3.06. The normalized spacial score (nSPS) is 17.0. The third-order valence-electron chi connectivity index (χ3n) is 4.30. The van der Waals surface area contributed by atoms with Crippen LogP contribution in [-0.4, -0.2) is 28.6 Å². The quantitative estimate of drug-likeness (QED) is 0.921. The van der Waals surface area contributed by atoms with Crippen molar-refractivity contribution in [1.82, 2.24) is 14.9 Å². The zero-order valence-electron chi connectivity index (χ0n) is 13.5. The van der Waals surface area contributed by atoms with Crippen LogP contribution in [0.3, 0.4) is 0 Å². The van der Waals surface area contributed by atoms with E-state index in [0.717, 1.165) is 42.9 Å². The Labute approximate surface area is 136 Å². The highest BCUT2D eigenvalue weighted by Gasteiger charge is 2.23. The SMILES string of the molecule is CCc1nccn1CCNC(=O)C1CCOc2ccccc2C1. The van der Waals surface area contributed by atoms with Gasteiger partial charge < -0.3 is 14.6 Å². The number of hydrogen-bond donors (Lipinski definition) is 1. The molecule has 0 spiro atoms. The van der Waals surface area contributed by atoms with Crippen LogP contribution in [0.25, 0.3) is 0 Å². The number of aryl methyl sites for hydroxylation is 1. The second kappa shape index (κ2) is 7.31. The molecule has 1 atom stereocenters. The summed E-state index contributed by atoms with van der Waals surface area (Å²) in [5.74, 6) is 2.06. The van der Waals surface area contributed by atoms with Crippen molar-refractivity contribution in [3.63, 3.8) is 0 Å². The number of imidazole rings is 1.